The SMILES string of the molecule is CC(C)(C)OC(=O)C(CCCCNC(=O)OCc1ccccc1)NC(=O)C(C)(C)c1cnc(C(Cc2c[nH]c3ccccc23)NC(=O)N2CCC3(C=Cc4ccccc43)CC2)[nH]1. The highest BCUT2D eigenvalue weighted by Gasteiger charge is 2.40. The highest BCUT2D eigenvalue weighted by atomic mass is 16.6. The number of likely N-dealkylation sites (tertiary alicyclic amines) is 1. The fourth-order valence-corrected chi connectivity index (χ4v) is 8.31. The van der Waals surface area contributed by atoms with Gasteiger partial charge in [-0.05, 0) is 95.0 Å². The van der Waals surface area contributed by atoms with Gasteiger partial charge in [-0.15, -0.1) is 0 Å². The van der Waals surface area contributed by atoms with Gasteiger partial charge in [0.25, 0.3) is 0 Å². The number of esters is 1. The summed E-state index contributed by atoms with van der Waals surface area (Å²) >= 11 is 0. The molecule has 4 amide bonds. The first-order valence-electron chi connectivity index (χ1n) is 21.6. The molecule has 1 spiro atoms. The number of hydrogen-bond acceptors (Lipinski definition) is 7. The minimum absolute atomic E-state index is 0.0584. The Balaban J connectivity index is 1.01. The van der Waals surface area contributed by atoms with Crippen LogP contribution in [-0.4, -0.2) is 75.1 Å². The van der Waals surface area contributed by atoms with E-state index in [1.807, 2.05) is 59.6 Å². The first-order chi connectivity index (χ1) is 29.7. The van der Waals surface area contributed by atoms with Gasteiger partial charge < -0.3 is 40.3 Å². The van der Waals surface area contributed by atoms with E-state index in [1.54, 1.807) is 40.8 Å². The standard InChI is InChI=1S/C49H59N7O6/c1-47(2,3)62-43(57)39(21-13-14-26-50-46(60)61-32-33-15-7-6-8-16-33)53-44(58)48(4,5)41-31-52-42(55-41)40(29-35-30-51-38-20-12-10-18-36(35)38)54-45(59)56-27-24-49(25-28-56)23-22-34-17-9-11-19-37(34)49/h6-12,15-20,22-23,30-31,39-40,51H,13-14,21,24-29,32H2,1-5H3,(H,50,60)(H,52,55)(H,53,58)(H,54,59). The van der Waals surface area contributed by atoms with Crippen molar-refractivity contribution in [2.75, 3.05) is 19.6 Å². The number of fused-ring (bicyclic) bond motifs is 3. The van der Waals surface area contributed by atoms with Crippen LogP contribution in [0.4, 0.5) is 9.59 Å². The van der Waals surface area contributed by atoms with Crippen molar-refractivity contribution in [1.29, 1.82) is 0 Å². The lowest BCUT2D eigenvalue weighted by molar-refractivity contribution is -0.159. The fraction of sp³-hybridized carbons (Fsp3) is 0.408. The quantitative estimate of drug-likeness (QED) is 0.0523. The molecule has 0 bridgehead atoms. The van der Waals surface area contributed by atoms with Gasteiger partial charge in [-0.1, -0.05) is 84.9 Å². The van der Waals surface area contributed by atoms with Gasteiger partial charge >= 0.3 is 18.1 Å². The van der Waals surface area contributed by atoms with Crippen LogP contribution < -0.4 is 16.0 Å². The molecule has 0 saturated carbocycles. The number of ether oxygens (including phenoxy) is 2. The van der Waals surface area contributed by atoms with Gasteiger partial charge in [-0.2, -0.15) is 0 Å². The highest BCUT2D eigenvalue weighted by Crippen LogP contribution is 2.43. The predicted octanol–water partition coefficient (Wildman–Crippen LogP) is 8.15. The van der Waals surface area contributed by atoms with Gasteiger partial charge in [0.15, 0.2) is 0 Å². The number of nitrogens with zero attached hydrogens (tertiary/aromatic N) is 2. The van der Waals surface area contributed by atoms with Crippen LogP contribution in [0.25, 0.3) is 17.0 Å². The number of urea groups is 1. The molecule has 7 rings (SSSR count). The Morgan fingerprint density at radius 2 is 1.61 bits per heavy atom. The number of imidazole rings is 1. The van der Waals surface area contributed by atoms with Gasteiger partial charge in [-0.25, -0.2) is 19.4 Å². The number of carbonyl (C=O) groups excluding carboxylic acids is 4. The van der Waals surface area contributed by atoms with E-state index in [0.29, 0.717) is 56.8 Å². The van der Waals surface area contributed by atoms with E-state index in [1.165, 1.54) is 11.1 Å². The molecule has 2 aromatic heterocycles. The third kappa shape index (κ3) is 10.4. The molecule has 13 heteroatoms. The molecule has 326 valence electrons. The Bertz CT molecular complexity index is 2390. The van der Waals surface area contributed by atoms with Crippen LogP contribution in [-0.2, 0) is 42.9 Å². The van der Waals surface area contributed by atoms with E-state index < -0.39 is 41.1 Å². The Morgan fingerprint density at radius 1 is 0.887 bits per heavy atom. The second kappa shape index (κ2) is 18.7. The highest BCUT2D eigenvalue weighted by molar-refractivity contribution is 5.91. The van der Waals surface area contributed by atoms with E-state index in [4.69, 9.17) is 14.5 Å². The number of hydrogen-bond donors (Lipinski definition) is 5. The zero-order valence-corrected chi connectivity index (χ0v) is 36.4. The maximum atomic E-state index is 14.1. The molecular formula is C49H59N7O6. The lowest BCUT2D eigenvalue weighted by atomic mass is 9.74. The van der Waals surface area contributed by atoms with Gasteiger partial charge in [0, 0.05) is 60.5 Å². The number of rotatable bonds is 15. The first kappa shape index (κ1) is 43.7. The van der Waals surface area contributed by atoms with Crippen molar-refractivity contribution in [3.8, 4) is 0 Å². The summed E-state index contributed by atoms with van der Waals surface area (Å²) in [5.74, 6) is -0.423. The molecule has 2 atom stereocenters. The van der Waals surface area contributed by atoms with Crippen molar-refractivity contribution < 1.29 is 28.7 Å². The van der Waals surface area contributed by atoms with E-state index in [-0.39, 0.29) is 18.1 Å². The first-order valence-corrected chi connectivity index (χ1v) is 21.6. The molecule has 1 saturated heterocycles. The minimum atomic E-state index is -1.16. The molecule has 1 aliphatic carbocycles. The molecule has 13 nitrogen and oxygen atoms in total. The van der Waals surface area contributed by atoms with Crippen LogP contribution in [0.3, 0.4) is 0 Å². The number of alkyl carbamates (subject to hydrolysis) is 1. The van der Waals surface area contributed by atoms with Gasteiger partial charge in [0.1, 0.15) is 24.1 Å². The number of H-pyrrole nitrogens is 2. The molecule has 5 aromatic rings. The zero-order chi connectivity index (χ0) is 43.9. The number of allylic oxidation sites excluding steroid dienone is 1. The molecule has 3 aromatic carbocycles. The topological polar surface area (TPSA) is 171 Å². The molecular weight excluding hydrogens is 783 g/mol. The summed E-state index contributed by atoms with van der Waals surface area (Å²) in [4.78, 5) is 67.3. The summed E-state index contributed by atoms with van der Waals surface area (Å²) in [6.45, 7) is 10.6. The Kier molecular flexibility index (Phi) is 13.2. The van der Waals surface area contributed by atoms with Crippen molar-refractivity contribution >= 4 is 41.0 Å². The summed E-state index contributed by atoms with van der Waals surface area (Å²) in [5, 5.41) is 10.0. The summed E-state index contributed by atoms with van der Waals surface area (Å²) in [6, 6.07) is 24.3. The average molecular weight is 842 g/mol. The van der Waals surface area contributed by atoms with Crippen LogP contribution in [0, 0.1) is 0 Å². The molecule has 2 unspecified atom stereocenters. The second-order valence-corrected chi connectivity index (χ2v) is 18.0. The van der Waals surface area contributed by atoms with Crippen molar-refractivity contribution in [3.63, 3.8) is 0 Å². The van der Waals surface area contributed by atoms with E-state index in [2.05, 4.69) is 68.4 Å². The molecule has 3 heterocycles. The van der Waals surface area contributed by atoms with Crippen LogP contribution in [0.5, 0.6) is 0 Å². The van der Waals surface area contributed by atoms with Crippen molar-refractivity contribution in [2.45, 2.75) is 108 Å². The van der Waals surface area contributed by atoms with Crippen molar-refractivity contribution in [2.24, 2.45) is 0 Å². The van der Waals surface area contributed by atoms with Gasteiger partial charge in [-0.3, -0.25) is 4.79 Å². The average Bonchev–Trinajstić information content (AvgIpc) is 4.01. The van der Waals surface area contributed by atoms with E-state index >= 15 is 0 Å². The third-order valence-corrected chi connectivity index (χ3v) is 12.0. The molecule has 2 aliphatic rings. The van der Waals surface area contributed by atoms with Gasteiger partial charge in [0.2, 0.25) is 5.91 Å². The molecule has 62 heavy (non-hydrogen) atoms. The van der Waals surface area contributed by atoms with Crippen LogP contribution in [0.15, 0.2) is 97.3 Å². The Hall–Kier alpha value is -6.37. The lowest BCUT2D eigenvalue weighted by Gasteiger charge is -2.39. The number of para-hydroxylation sites is 1. The summed E-state index contributed by atoms with van der Waals surface area (Å²) in [7, 11) is 0. The maximum Gasteiger partial charge on any atom is 0.407 e. The number of aromatic nitrogens is 3. The Labute approximate surface area is 363 Å². The number of carbonyl (C=O) groups is 4. The largest absolute Gasteiger partial charge is 0.458 e. The number of benzene rings is 3. The second-order valence-electron chi connectivity index (χ2n) is 18.0. The van der Waals surface area contributed by atoms with Crippen molar-refractivity contribution in [3.05, 3.63) is 131 Å². The van der Waals surface area contributed by atoms with Crippen molar-refractivity contribution in [1.82, 2.24) is 35.8 Å². The van der Waals surface area contributed by atoms with E-state index in [0.717, 1.165) is 34.9 Å². The lowest BCUT2D eigenvalue weighted by Crippen LogP contribution is -2.50. The third-order valence-electron chi connectivity index (χ3n) is 12.0. The van der Waals surface area contributed by atoms with Crippen LogP contribution in [0.2, 0.25) is 0 Å². The summed E-state index contributed by atoms with van der Waals surface area (Å²) < 4.78 is 11.0. The smallest absolute Gasteiger partial charge is 0.407 e. The maximum absolute atomic E-state index is 14.1. The van der Waals surface area contributed by atoms with Crippen LogP contribution in [0.1, 0.15) is 107 Å². The minimum Gasteiger partial charge on any atom is -0.458 e. The number of piperidine rings is 1. The summed E-state index contributed by atoms with van der Waals surface area (Å²) in [5.41, 5.74) is 4.02. The van der Waals surface area contributed by atoms with Gasteiger partial charge in [0.05, 0.1) is 11.5 Å². The number of nitrogens with one attached hydrogen (secondary N) is 5. The molecule has 1 aliphatic heterocycles. The zero-order valence-electron chi connectivity index (χ0n) is 36.4. The monoisotopic (exact) mass is 841 g/mol. The Morgan fingerprint density at radius 3 is 2.39 bits per heavy atom. The number of aromatic amines is 2. The number of unbranched alkanes of at least 4 members (excludes halogenated alkanes) is 1. The number of amides is 4. The fourth-order valence-electron chi connectivity index (χ4n) is 8.31. The normalized spacial score (nSPS) is 15.5. The predicted molar refractivity (Wildman–Crippen MR) is 239 cm³/mol. The summed E-state index contributed by atoms with van der Waals surface area (Å²) in [6.07, 6.45) is 11.1. The van der Waals surface area contributed by atoms with Crippen LogP contribution >= 0.6 is 0 Å². The molecule has 0 radical (unpaired) electrons. The van der Waals surface area contributed by atoms with E-state index in [9.17, 15) is 19.2 Å². The molecule has 1 fully saturated rings. The molecule has 5 N–H and O–H groups in total.